The number of halogens is 1. The topological polar surface area (TPSA) is 35.2 Å². The van der Waals surface area contributed by atoms with Gasteiger partial charge in [0.15, 0.2) is 11.6 Å². The Morgan fingerprint density at radius 1 is 1.33 bits per heavy atom. The molecule has 2 nitrogen and oxygen atoms in total. The number of hydrogen-bond acceptors (Lipinski definition) is 2. The Morgan fingerprint density at radius 2 is 1.95 bits per heavy atom. The van der Waals surface area contributed by atoms with Crippen LogP contribution >= 0.6 is 0 Å². The minimum atomic E-state index is -0.395. The first-order valence-electron chi connectivity index (χ1n) is 7.95. The van der Waals surface area contributed by atoms with E-state index in [2.05, 4.69) is 20.8 Å². The Hall–Kier alpha value is -1.09. The van der Waals surface area contributed by atoms with E-state index in [0.29, 0.717) is 11.3 Å². The summed E-state index contributed by atoms with van der Waals surface area (Å²) in [5.41, 5.74) is 7.45. The van der Waals surface area contributed by atoms with E-state index in [1.54, 1.807) is 12.1 Å². The molecule has 2 N–H and O–H groups in total. The van der Waals surface area contributed by atoms with Crippen LogP contribution in [0.2, 0.25) is 0 Å². The molecule has 0 bridgehead atoms. The lowest BCUT2D eigenvalue weighted by Crippen LogP contribution is -2.42. The van der Waals surface area contributed by atoms with E-state index in [-0.39, 0.29) is 11.6 Å². The highest BCUT2D eigenvalue weighted by Crippen LogP contribution is 2.46. The second-order valence-corrected chi connectivity index (χ2v) is 7.12. The zero-order chi connectivity index (χ0) is 15.7. The number of ether oxygens (including phenoxy) is 1. The molecule has 1 fully saturated rings. The fourth-order valence-electron chi connectivity index (χ4n) is 3.47. The fraction of sp³-hybridized carbons (Fsp3) is 0.667. The SMILES string of the molecule is CCC(C)(C)C1CCC(N)(c2ccc(OC)c(F)c2)CC1. The number of rotatable bonds is 4. The molecule has 0 heterocycles. The van der Waals surface area contributed by atoms with Gasteiger partial charge in [-0.3, -0.25) is 0 Å². The maximum absolute atomic E-state index is 13.9. The van der Waals surface area contributed by atoms with Gasteiger partial charge in [0.2, 0.25) is 0 Å². The number of nitrogens with two attached hydrogens (primary N) is 1. The molecular formula is C18H28FNO. The normalized spacial score (nSPS) is 26.7. The fourth-order valence-corrected chi connectivity index (χ4v) is 3.47. The van der Waals surface area contributed by atoms with Gasteiger partial charge in [0, 0.05) is 5.54 Å². The predicted octanol–water partition coefficient (Wildman–Crippen LogP) is 4.61. The summed E-state index contributed by atoms with van der Waals surface area (Å²) in [5, 5.41) is 0. The van der Waals surface area contributed by atoms with Gasteiger partial charge < -0.3 is 10.5 Å². The lowest BCUT2D eigenvalue weighted by atomic mass is 9.64. The third-order valence-corrected chi connectivity index (χ3v) is 5.62. The van der Waals surface area contributed by atoms with Crippen molar-refractivity contribution in [1.29, 1.82) is 0 Å². The van der Waals surface area contributed by atoms with Crippen LogP contribution in [-0.4, -0.2) is 7.11 Å². The summed E-state index contributed by atoms with van der Waals surface area (Å²) >= 11 is 0. The van der Waals surface area contributed by atoms with Crippen molar-refractivity contribution >= 4 is 0 Å². The van der Waals surface area contributed by atoms with E-state index in [9.17, 15) is 4.39 Å². The van der Waals surface area contributed by atoms with Crippen LogP contribution in [0.4, 0.5) is 4.39 Å². The summed E-state index contributed by atoms with van der Waals surface area (Å²) in [6.45, 7) is 6.94. The van der Waals surface area contributed by atoms with E-state index in [1.165, 1.54) is 13.5 Å². The van der Waals surface area contributed by atoms with Gasteiger partial charge in [-0.1, -0.05) is 33.3 Å². The van der Waals surface area contributed by atoms with Gasteiger partial charge in [0.05, 0.1) is 7.11 Å². The monoisotopic (exact) mass is 293 g/mol. The van der Waals surface area contributed by atoms with Crippen LogP contribution in [0.15, 0.2) is 18.2 Å². The van der Waals surface area contributed by atoms with Crippen LogP contribution in [0.3, 0.4) is 0 Å². The average molecular weight is 293 g/mol. The van der Waals surface area contributed by atoms with E-state index in [4.69, 9.17) is 10.5 Å². The number of hydrogen-bond donors (Lipinski definition) is 1. The van der Waals surface area contributed by atoms with Gasteiger partial charge in [-0.25, -0.2) is 4.39 Å². The van der Waals surface area contributed by atoms with Crippen molar-refractivity contribution in [3.8, 4) is 5.75 Å². The van der Waals surface area contributed by atoms with Gasteiger partial charge in [-0.05, 0) is 54.7 Å². The van der Waals surface area contributed by atoms with Crippen LogP contribution in [0.1, 0.15) is 58.4 Å². The zero-order valence-corrected chi connectivity index (χ0v) is 13.7. The van der Waals surface area contributed by atoms with Crippen molar-refractivity contribution in [2.75, 3.05) is 7.11 Å². The van der Waals surface area contributed by atoms with Gasteiger partial charge in [-0.2, -0.15) is 0 Å². The van der Waals surface area contributed by atoms with E-state index in [0.717, 1.165) is 31.2 Å². The predicted molar refractivity (Wildman–Crippen MR) is 84.8 cm³/mol. The first kappa shape index (κ1) is 16.3. The lowest BCUT2D eigenvalue weighted by molar-refractivity contribution is 0.115. The molecule has 1 aliphatic rings. The molecule has 1 aliphatic carbocycles. The smallest absolute Gasteiger partial charge is 0.165 e. The van der Waals surface area contributed by atoms with Crippen molar-refractivity contribution in [2.45, 2.75) is 58.4 Å². The van der Waals surface area contributed by atoms with E-state index >= 15 is 0 Å². The highest BCUT2D eigenvalue weighted by molar-refractivity contribution is 5.33. The van der Waals surface area contributed by atoms with Crippen molar-refractivity contribution in [1.82, 2.24) is 0 Å². The average Bonchev–Trinajstić information content (AvgIpc) is 2.47. The van der Waals surface area contributed by atoms with Crippen LogP contribution in [0, 0.1) is 17.2 Å². The standard InChI is InChI=1S/C18H28FNO/c1-5-17(2,3)13-8-10-18(20,11-9-13)14-6-7-16(21-4)15(19)12-14/h6-7,12-13H,5,8-11,20H2,1-4H3. The Kier molecular flexibility index (Phi) is 4.62. The van der Waals surface area contributed by atoms with Gasteiger partial charge in [-0.15, -0.1) is 0 Å². The summed E-state index contributed by atoms with van der Waals surface area (Å²) < 4.78 is 18.9. The Balaban J connectivity index is 2.13. The molecule has 0 aromatic heterocycles. The van der Waals surface area contributed by atoms with Crippen molar-refractivity contribution in [3.05, 3.63) is 29.6 Å². The largest absolute Gasteiger partial charge is 0.494 e. The molecule has 21 heavy (non-hydrogen) atoms. The minimum Gasteiger partial charge on any atom is -0.494 e. The second kappa shape index (κ2) is 5.96. The molecule has 2 rings (SSSR count). The molecule has 1 aromatic rings. The first-order valence-corrected chi connectivity index (χ1v) is 7.95. The molecule has 0 amide bonds. The molecule has 1 aromatic carbocycles. The first-order chi connectivity index (χ1) is 9.82. The number of methoxy groups -OCH3 is 1. The lowest BCUT2D eigenvalue weighted by Gasteiger charge is -2.43. The molecule has 0 aliphatic heterocycles. The highest BCUT2D eigenvalue weighted by Gasteiger charge is 2.38. The Morgan fingerprint density at radius 3 is 2.43 bits per heavy atom. The van der Waals surface area contributed by atoms with Gasteiger partial charge in [0.25, 0.3) is 0 Å². The molecule has 0 unspecified atom stereocenters. The Bertz CT molecular complexity index is 490. The quantitative estimate of drug-likeness (QED) is 0.879. The van der Waals surface area contributed by atoms with Crippen molar-refractivity contribution in [2.24, 2.45) is 17.1 Å². The third-order valence-electron chi connectivity index (χ3n) is 5.62. The molecule has 0 spiro atoms. The van der Waals surface area contributed by atoms with Crippen LogP contribution in [-0.2, 0) is 5.54 Å². The molecule has 0 radical (unpaired) electrons. The summed E-state index contributed by atoms with van der Waals surface area (Å²) in [4.78, 5) is 0. The summed E-state index contributed by atoms with van der Waals surface area (Å²) in [6, 6.07) is 5.14. The van der Waals surface area contributed by atoms with Gasteiger partial charge >= 0.3 is 0 Å². The molecule has 0 saturated heterocycles. The second-order valence-electron chi connectivity index (χ2n) is 7.12. The summed E-state index contributed by atoms with van der Waals surface area (Å²) in [5.74, 6) is 0.668. The molecule has 0 atom stereocenters. The third kappa shape index (κ3) is 3.23. The van der Waals surface area contributed by atoms with Crippen LogP contribution in [0.5, 0.6) is 5.75 Å². The van der Waals surface area contributed by atoms with Crippen LogP contribution in [0.25, 0.3) is 0 Å². The van der Waals surface area contributed by atoms with E-state index < -0.39 is 5.54 Å². The van der Waals surface area contributed by atoms with Gasteiger partial charge in [0.1, 0.15) is 0 Å². The summed E-state index contributed by atoms with van der Waals surface area (Å²) in [6.07, 6.45) is 5.27. The van der Waals surface area contributed by atoms with Crippen molar-refractivity contribution in [3.63, 3.8) is 0 Å². The maximum atomic E-state index is 13.9. The highest BCUT2D eigenvalue weighted by atomic mass is 19.1. The van der Waals surface area contributed by atoms with Crippen molar-refractivity contribution < 1.29 is 9.13 Å². The zero-order valence-electron chi connectivity index (χ0n) is 13.7. The Labute approximate surface area is 127 Å². The van der Waals surface area contributed by atoms with Crippen LogP contribution < -0.4 is 10.5 Å². The maximum Gasteiger partial charge on any atom is 0.165 e. The molecular weight excluding hydrogens is 265 g/mol. The number of benzene rings is 1. The minimum absolute atomic E-state index is 0.281. The van der Waals surface area contributed by atoms with E-state index in [1.807, 2.05) is 6.07 Å². The summed E-state index contributed by atoms with van der Waals surface area (Å²) in [7, 11) is 1.48. The molecule has 118 valence electrons. The molecule has 1 saturated carbocycles. The molecule has 3 heteroatoms.